The Labute approximate surface area is 125 Å². The van der Waals surface area contributed by atoms with Gasteiger partial charge in [-0.2, -0.15) is 16.4 Å². The number of nitrogens with zero attached hydrogens (tertiary/aromatic N) is 2. The van der Waals surface area contributed by atoms with E-state index >= 15 is 0 Å². The lowest BCUT2D eigenvalue weighted by molar-refractivity contribution is 1.22. The number of aryl methyl sites for hydroxylation is 1. The van der Waals surface area contributed by atoms with Crippen LogP contribution in [0, 0.1) is 6.92 Å². The van der Waals surface area contributed by atoms with Gasteiger partial charge in [0, 0.05) is 5.38 Å². The highest BCUT2D eigenvalue weighted by atomic mass is 32.1. The molecule has 0 aliphatic carbocycles. The van der Waals surface area contributed by atoms with Gasteiger partial charge in [-0.05, 0) is 40.4 Å². The number of thiophene rings is 1. The van der Waals surface area contributed by atoms with E-state index in [9.17, 15) is 0 Å². The zero-order valence-corrected chi connectivity index (χ0v) is 12.5. The van der Waals surface area contributed by atoms with Gasteiger partial charge in [-0.15, -0.1) is 11.3 Å². The summed E-state index contributed by atoms with van der Waals surface area (Å²) >= 11 is 3.26. The van der Waals surface area contributed by atoms with Crippen LogP contribution in [0.15, 0.2) is 51.6 Å². The lowest BCUT2D eigenvalue weighted by Gasteiger charge is -1.98. The molecule has 3 rings (SSSR count). The van der Waals surface area contributed by atoms with Crippen molar-refractivity contribution in [2.75, 3.05) is 5.43 Å². The Balaban J connectivity index is 1.66. The van der Waals surface area contributed by atoms with Gasteiger partial charge in [-0.25, -0.2) is 4.98 Å². The SMILES string of the molecule is Cc1csc(NN=Cc2ccc(-c3ccsc3)cc2)n1. The number of rotatable bonds is 4. The third kappa shape index (κ3) is 3.12. The molecule has 0 radical (unpaired) electrons. The minimum Gasteiger partial charge on any atom is -0.253 e. The Morgan fingerprint density at radius 2 is 1.95 bits per heavy atom. The van der Waals surface area contributed by atoms with Crippen LogP contribution in [0.1, 0.15) is 11.3 Å². The molecule has 0 unspecified atom stereocenters. The number of aromatic nitrogens is 1. The van der Waals surface area contributed by atoms with Gasteiger partial charge in [-0.3, -0.25) is 5.43 Å². The zero-order valence-electron chi connectivity index (χ0n) is 10.9. The first-order valence-corrected chi connectivity index (χ1v) is 7.97. The van der Waals surface area contributed by atoms with E-state index in [4.69, 9.17) is 0 Å². The molecule has 0 aliphatic heterocycles. The van der Waals surface area contributed by atoms with E-state index in [1.807, 2.05) is 12.3 Å². The first-order valence-electron chi connectivity index (χ1n) is 6.15. The first-order chi connectivity index (χ1) is 9.81. The molecule has 3 nitrogen and oxygen atoms in total. The van der Waals surface area contributed by atoms with Crippen molar-refractivity contribution in [3.63, 3.8) is 0 Å². The predicted octanol–water partition coefficient (Wildman–Crippen LogP) is 4.63. The maximum absolute atomic E-state index is 4.28. The summed E-state index contributed by atoms with van der Waals surface area (Å²) in [6, 6.07) is 10.5. The highest BCUT2D eigenvalue weighted by Gasteiger charge is 1.97. The molecule has 3 aromatic rings. The van der Waals surface area contributed by atoms with Crippen molar-refractivity contribution in [1.29, 1.82) is 0 Å². The van der Waals surface area contributed by atoms with E-state index in [1.165, 1.54) is 11.1 Å². The number of thiazole rings is 1. The molecule has 0 amide bonds. The van der Waals surface area contributed by atoms with Crippen LogP contribution in [-0.2, 0) is 0 Å². The zero-order chi connectivity index (χ0) is 13.8. The van der Waals surface area contributed by atoms with Crippen LogP contribution in [0.5, 0.6) is 0 Å². The van der Waals surface area contributed by atoms with Crippen LogP contribution >= 0.6 is 22.7 Å². The van der Waals surface area contributed by atoms with Crippen LogP contribution in [0.4, 0.5) is 5.13 Å². The molecule has 0 bridgehead atoms. The van der Waals surface area contributed by atoms with E-state index < -0.39 is 0 Å². The van der Waals surface area contributed by atoms with Crippen molar-refractivity contribution < 1.29 is 0 Å². The number of hydrogen-bond acceptors (Lipinski definition) is 5. The second kappa shape index (κ2) is 5.98. The standard InChI is InChI=1S/C15H13N3S2/c1-11-9-20-15(17-11)18-16-8-12-2-4-13(5-3-12)14-6-7-19-10-14/h2-10H,1H3,(H,17,18). The predicted molar refractivity (Wildman–Crippen MR) is 87.8 cm³/mol. The summed E-state index contributed by atoms with van der Waals surface area (Å²) in [7, 11) is 0. The monoisotopic (exact) mass is 299 g/mol. The summed E-state index contributed by atoms with van der Waals surface area (Å²) in [6.07, 6.45) is 1.80. The topological polar surface area (TPSA) is 37.3 Å². The molecule has 0 spiro atoms. The summed E-state index contributed by atoms with van der Waals surface area (Å²) in [5.41, 5.74) is 7.49. The van der Waals surface area contributed by atoms with E-state index in [1.54, 1.807) is 28.9 Å². The van der Waals surface area contributed by atoms with Gasteiger partial charge in [0.05, 0.1) is 11.9 Å². The Bertz CT molecular complexity index is 697. The van der Waals surface area contributed by atoms with Gasteiger partial charge < -0.3 is 0 Å². The Morgan fingerprint density at radius 3 is 2.60 bits per heavy atom. The fraction of sp³-hybridized carbons (Fsp3) is 0.0667. The molecule has 0 aliphatic rings. The Hall–Kier alpha value is -1.98. The Kier molecular flexibility index (Phi) is 3.90. The summed E-state index contributed by atoms with van der Waals surface area (Å²) < 4.78 is 0. The third-order valence-electron chi connectivity index (χ3n) is 2.76. The third-order valence-corrected chi connectivity index (χ3v) is 4.31. The normalized spacial score (nSPS) is 11.1. The molecule has 0 saturated carbocycles. The molecule has 100 valence electrons. The van der Waals surface area contributed by atoms with E-state index in [0.29, 0.717) is 0 Å². The highest BCUT2D eigenvalue weighted by molar-refractivity contribution is 7.13. The Morgan fingerprint density at radius 1 is 1.10 bits per heavy atom. The second-order valence-electron chi connectivity index (χ2n) is 4.30. The van der Waals surface area contributed by atoms with Gasteiger partial charge in [0.25, 0.3) is 0 Å². The van der Waals surface area contributed by atoms with Crippen LogP contribution in [-0.4, -0.2) is 11.2 Å². The molecule has 20 heavy (non-hydrogen) atoms. The number of hydrazone groups is 1. The molecule has 1 aromatic carbocycles. The highest BCUT2D eigenvalue weighted by Crippen LogP contribution is 2.22. The van der Waals surface area contributed by atoms with Crippen molar-refractivity contribution >= 4 is 34.0 Å². The van der Waals surface area contributed by atoms with Crippen LogP contribution < -0.4 is 5.43 Å². The van der Waals surface area contributed by atoms with Crippen molar-refractivity contribution in [2.24, 2.45) is 5.10 Å². The van der Waals surface area contributed by atoms with E-state index in [0.717, 1.165) is 16.4 Å². The summed E-state index contributed by atoms with van der Waals surface area (Å²) in [6.45, 7) is 1.97. The van der Waals surface area contributed by atoms with Crippen LogP contribution in [0.25, 0.3) is 11.1 Å². The maximum atomic E-state index is 4.28. The van der Waals surface area contributed by atoms with Gasteiger partial charge in [0.2, 0.25) is 5.13 Å². The van der Waals surface area contributed by atoms with Crippen LogP contribution in [0.3, 0.4) is 0 Å². The average molecular weight is 299 g/mol. The summed E-state index contributed by atoms with van der Waals surface area (Å²) in [5, 5.41) is 11.2. The van der Waals surface area contributed by atoms with Crippen molar-refractivity contribution in [1.82, 2.24) is 4.98 Å². The van der Waals surface area contributed by atoms with Crippen LogP contribution in [0.2, 0.25) is 0 Å². The van der Waals surface area contributed by atoms with Gasteiger partial charge in [-0.1, -0.05) is 24.3 Å². The number of hydrogen-bond donors (Lipinski definition) is 1. The second-order valence-corrected chi connectivity index (χ2v) is 5.94. The van der Waals surface area contributed by atoms with Gasteiger partial charge in [0.15, 0.2) is 0 Å². The summed E-state index contributed by atoms with van der Waals surface area (Å²) in [4.78, 5) is 4.28. The van der Waals surface area contributed by atoms with Crippen molar-refractivity contribution in [3.8, 4) is 11.1 Å². The van der Waals surface area contributed by atoms with E-state index in [2.05, 4.69) is 56.6 Å². The number of benzene rings is 1. The molecule has 2 aromatic heterocycles. The molecule has 0 saturated heterocycles. The molecule has 2 heterocycles. The van der Waals surface area contributed by atoms with Gasteiger partial charge >= 0.3 is 0 Å². The smallest absolute Gasteiger partial charge is 0.203 e. The van der Waals surface area contributed by atoms with Crippen molar-refractivity contribution in [3.05, 3.63) is 57.7 Å². The fourth-order valence-corrected chi connectivity index (χ4v) is 3.06. The molecule has 0 atom stereocenters. The molecule has 1 N–H and O–H groups in total. The number of anilines is 1. The molecule has 5 heteroatoms. The minimum absolute atomic E-state index is 0.814. The average Bonchev–Trinajstić information content (AvgIpc) is 3.11. The van der Waals surface area contributed by atoms with Crippen molar-refractivity contribution in [2.45, 2.75) is 6.92 Å². The van der Waals surface area contributed by atoms with E-state index in [-0.39, 0.29) is 0 Å². The summed E-state index contributed by atoms with van der Waals surface area (Å²) in [5.74, 6) is 0. The van der Waals surface area contributed by atoms with Gasteiger partial charge in [0.1, 0.15) is 0 Å². The lowest BCUT2D eigenvalue weighted by Crippen LogP contribution is -1.90. The lowest BCUT2D eigenvalue weighted by atomic mass is 10.1. The quantitative estimate of drug-likeness (QED) is 0.563. The molecular formula is C15H13N3S2. The minimum atomic E-state index is 0.814. The maximum Gasteiger partial charge on any atom is 0.203 e. The fourth-order valence-electron chi connectivity index (χ4n) is 1.76. The largest absolute Gasteiger partial charge is 0.253 e. The molecule has 0 fully saturated rings. The first kappa shape index (κ1) is 13.0. The molecular weight excluding hydrogens is 286 g/mol. The number of nitrogens with one attached hydrogen (secondary N) is 1.